The van der Waals surface area contributed by atoms with Gasteiger partial charge in [-0.3, -0.25) is 0 Å². The lowest BCUT2D eigenvalue weighted by atomic mass is 10.0. The van der Waals surface area contributed by atoms with Crippen LogP contribution in [0, 0.1) is 0 Å². The van der Waals surface area contributed by atoms with Crippen molar-refractivity contribution in [2.24, 2.45) is 0 Å². The maximum atomic E-state index is 11.5. The number of hydrogen-bond donors (Lipinski definition) is 0. The molecule has 1 aliphatic heterocycles. The molecule has 0 amide bonds. The zero-order chi connectivity index (χ0) is 8.39. The second kappa shape index (κ2) is 4.38. The molecule has 0 aromatic rings. The molecule has 0 spiro atoms. The molecule has 1 heterocycles. The zero-order valence-electron chi connectivity index (χ0n) is 7.03. The molecule has 4 heteroatoms. The van der Waals surface area contributed by atoms with E-state index < -0.39 is 9.83 Å². The summed E-state index contributed by atoms with van der Waals surface area (Å²) in [6.07, 6.45) is 7.90. The van der Waals surface area contributed by atoms with Gasteiger partial charge >= 0.3 is 0 Å². The third kappa shape index (κ3) is 2.02. The van der Waals surface area contributed by atoms with E-state index in [0.29, 0.717) is 10.5 Å². The van der Waals surface area contributed by atoms with Crippen molar-refractivity contribution in [3.8, 4) is 0 Å². The van der Waals surface area contributed by atoms with Gasteiger partial charge in [-0.15, -0.1) is 0 Å². The van der Waals surface area contributed by atoms with E-state index in [4.69, 9.17) is 0 Å². The smallest absolute Gasteiger partial charge is 0.0954 e. The summed E-state index contributed by atoms with van der Waals surface area (Å²) in [5.74, 6) is 0. The lowest BCUT2D eigenvalue weighted by Gasteiger charge is -2.18. The van der Waals surface area contributed by atoms with E-state index in [1.165, 1.54) is 38.5 Å². The first-order valence-electron chi connectivity index (χ1n) is 4.62. The highest BCUT2D eigenvalue weighted by atomic mass is 33.5. The van der Waals surface area contributed by atoms with Crippen molar-refractivity contribution >= 4 is 30.5 Å². The molecule has 0 aromatic heterocycles. The van der Waals surface area contributed by atoms with Gasteiger partial charge in [0.25, 0.3) is 0 Å². The van der Waals surface area contributed by atoms with Crippen molar-refractivity contribution < 1.29 is 4.21 Å². The van der Waals surface area contributed by atoms with Crippen LogP contribution in [0.15, 0.2) is 0 Å². The third-order valence-electron chi connectivity index (χ3n) is 2.62. The average molecular weight is 222 g/mol. The van der Waals surface area contributed by atoms with Crippen LogP contribution in [0.4, 0.5) is 0 Å². The molecule has 1 unspecified atom stereocenters. The number of hydrogen-bond acceptors (Lipinski definition) is 3. The topological polar surface area (TPSA) is 17.1 Å². The van der Waals surface area contributed by atoms with Crippen LogP contribution in [-0.4, -0.2) is 14.7 Å². The predicted octanol–water partition coefficient (Wildman–Crippen LogP) is 3.14. The summed E-state index contributed by atoms with van der Waals surface area (Å²) >= 11 is 0. The summed E-state index contributed by atoms with van der Waals surface area (Å²) in [7, 11) is 2.90. The average Bonchev–Trinajstić information content (AvgIpc) is 2.31. The maximum Gasteiger partial charge on any atom is 0.0954 e. The molecule has 2 aliphatic rings. The Balaban J connectivity index is 2.00. The molecule has 0 bridgehead atoms. The standard InChI is InChI=1S/C8H14OS3/c9-12-8-6-4-2-1-3-5-7(8)10-11-12/h7-8H,1-6H2/t7-,8-,12?/m1/s1. The van der Waals surface area contributed by atoms with Gasteiger partial charge in [0.15, 0.2) is 0 Å². The van der Waals surface area contributed by atoms with Gasteiger partial charge in [0.1, 0.15) is 0 Å². The normalized spacial score (nSPS) is 43.2. The van der Waals surface area contributed by atoms with E-state index >= 15 is 0 Å². The Morgan fingerprint density at radius 1 is 1.08 bits per heavy atom. The molecule has 2 fully saturated rings. The highest BCUT2D eigenvalue weighted by Crippen LogP contribution is 2.47. The quantitative estimate of drug-likeness (QED) is 0.586. The minimum absolute atomic E-state index is 0.514. The fourth-order valence-electron chi connectivity index (χ4n) is 1.89. The van der Waals surface area contributed by atoms with Crippen LogP contribution in [0.3, 0.4) is 0 Å². The molecular weight excluding hydrogens is 208 g/mol. The summed E-state index contributed by atoms with van der Waals surface area (Å²) < 4.78 is 11.5. The van der Waals surface area contributed by atoms with E-state index in [-0.39, 0.29) is 0 Å². The van der Waals surface area contributed by atoms with Gasteiger partial charge < -0.3 is 0 Å². The summed E-state index contributed by atoms with van der Waals surface area (Å²) in [6, 6.07) is 0. The van der Waals surface area contributed by atoms with Crippen molar-refractivity contribution in [2.75, 3.05) is 0 Å². The Bertz CT molecular complexity index is 183. The van der Waals surface area contributed by atoms with Crippen molar-refractivity contribution in [2.45, 2.75) is 49.0 Å². The van der Waals surface area contributed by atoms with E-state index in [0.717, 1.165) is 0 Å². The molecule has 2 rings (SSSR count). The van der Waals surface area contributed by atoms with Crippen LogP contribution < -0.4 is 0 Å². The summed E-state index contributed by atoms with van der Waals surface area (Å²) in [5, 5.41) is 1.22. The highest BCUT2D eigenvalue weighted by molar-refractivity contribution is 9.07. The second-order valence-electron chi connectivity index (χ2n) is 3.49. The van der Waals surface area contributed by atoms with Crippen molar-refractivity contribution in [1.29, 1.82) is 0 Å². The Morgan fingerprint density at radius 2 is 1.83 bits per heavy atom. The Labute approximate surface area is 83.7 Å². The summed E-state index contributed by atoms with van der Waals surface area (Å²) in [5.41, 5.74) is 0. The molecule has 12 heavy (non-hydrogen) atoms. The van der Waals surface area contributed by atoms with Gasteiger partial charge in [0, 0.05) is 15.1 Å². The van der Waals surface area contributed by atoms with Gasteiger partial charge in [0.05, 0.1) is 15.1 Å². The van der Waals surface area contributed by atoms with Crippen molar-refractivity contribution in [1.82, 2.24) is 0 Å². The fourth-order valence-corrected chi connectivity index (χ4v) is 9.06. The molecule has 1 nitrogen and oxygen atoms in total. The molecule has 1 aliphatic carbocycles. The van der Waals surface area contributed by atoms with Gasteiger partial charge in [-0.2, -0.15) is 0 Å². The van der Waals surface area contributed by atoms with Crippen LogP contribution in [0.25, 0.3) is 0 Å². The zero-order valence-corrected chi connectivity index (χ0v) is 9.48. The SMILES string of the molecule is O=S1SS[C@@H]2CCCCCC[C@H]21. The first-order valence-corrected chi connectivity index (χ1v) is 8.56. The van der Waals surface area contributed by atoms with Crippen LogP contribution in [-0.2, 0) is 9.83 Å². The summed E-state index contributed by atoms with van der Waals surface area (Å²) in [6.45, 7) is 0. The molecule has 1 saturated heterocycles. The lowest BCUT2D eigenvalue weighted by Crippen LogP contribution is -2.22. The fraction of sp³-hybridized carbons (Fsp3) is 1.00. The minimum Gasteiger partial charge on any atom is -0.247 e. The van der Waals surface area contributed by atoms with Gasteiger partial charge in [-0.25, -0.2) is 4.21 Å². The maximum absolute atomic E-state index is 11.5. The largest absolute Gasteiger partial charge is 0.247 e. The molecule has 0 N–H and O–H groups in total. The number of fused-ring (bicyclic) bond motifs is 1. The van der Waals surface area contributed by atoms with Crippen molar-refractivity contribution in [3.63, 3.8) is 0 Å². The minimum atomic E-state index is -0.579. The molecule has 0 radical (unpaired) electrons. The highest BCUT2D eigenvalue weighted by Gasteiger charge is 2.35. The van der Waals surface area contributed by atoms with Crippen LogP contribution in [0.1, 0.15) is 38.5 Å². The van der Waals surface area contributed by atoms with Crippen LogP contribution in [0.2, 0.25) is 0 Å². The van der Waals surface area contributed by atoms with E-state index in [1.807, 2.05) is 10.8 Å². The first-order chi connectivity index (χ1) is 5.88. The Kier molecular flexibility index (Phi) is 3.43. The van der Waals surface area contributed by atoms with E-state index in [9.17, 15) is 4.21 Å². The van der Waals surface area contributed by atoms with Crippen LogP contribution >= 0.6 is 20.6 Å². The van der Waals surface area contributed by atoms with E-state index in [2.05, 4.69) is 0 Å². The van der Waals surface area contributed by atoms with Gasteiger partial charge in [-0.05, 0) is 12.8 Å². The predicted molar refractivity (Wildman–Crippen MR) is 58.6 cm³/mol. The lowest BCUT2D eigenvalue weighted by molar-refractivity contribution is 0.517. The molecule has 0 aromatic carbocycles. The van der Waals surface area contributed by atoms with Gasteiger partial charge in [-0.1, -0.05) is 36.5 Å². The molecule has 1 saturated carbocycles. The first kappa shape index (κ1) is 9.41. The van der Waals surface area contributed by atoms with Crippen molar-refractivity contribution in [3.05, 3.63) is 0 Å². The second-order valence-corrected chi connectivity index (χ2v) is 8.75. The Hall–Kier alpha value is 0.850. The monoisotopic (exact) mass is 222 g/mol. The molecular formula is C8H14OS3. The van der Waals surface area contributed by atoms with Gasteiger partial charge in [0.2, 0.25) is 0 Å². The number of rotatable bonds is 0. The third-order valence-corrected chi connectivity index (χ3v) is 8.91. The van der Waals surface area contributed by atoms with Crippen LogP contribution in [0.5, 0.6) is 0 Å². The summed E-state index contributed by atoms with van der Waals surface area (Å²) in [4.78, 5) is 0. The van der Waals surface area contributed by atoms with E-state index in [1.54, 1.807) is 9.83 Å². The Morgan fingerprint density at radius 3 is 2.67 bits per heavy atom. The molecule has 3 atom stereocenters. The molecule has 70 valence electrons.